The first-order valence-electron chi connectivity index (χ1n) is 8.74. The van der Waals surface area contributed by atoms with Crippen LogP contribution in [0, 0.1) is 6.92 Å². The number of hydrogen-bond acceptors (Lipinski definition) is 2. The number of halogens is 3. The lowest BCUT2D eigenvalue weighted by atomic mass is 10.0. The Morgan fingerprint density at radius 1 is 1.08 bits per heavy atom. The Labute approximate surface area is 151 Å². The van der Waals surface area contributed by atoms with E-state index < -0.39 is 11.7 Å². The third-order valence-corrected chi connectivity index (χ3v) is 4.60. The van der Waals surface area contributed by atoms with Gasteiger partial charge in [-0.2, -0.15) is 13.2 Å². The minimum Gasteiger partial charge on any atom is -0.461 e. The largest absolute Gasteiger partial charge is 0.461 e. The molecule has 0 aliphatic rings. The zero-order valence-electron chi connectivity index (χ0n) is 14.9. The predicted octanol–water partition coefficient (Wildman–Crippen LogP) is 6.04. The summed E-state index contributed by atoms with van der Waals surface area (Å²) < 4.78 is 44.1. The van der Waals surface area contributed by atoms with E-state index in [9.17, 15) is 13.2 Å². The zero-order valence-corrected chi connectivity index (χ0v) is 14.9. The van der Waals surface area contributed by atoms with Gasteiger partial charge >= 0.3 is 6.18 Å². The van der Waals surface area contributed by atoms with Crippen molar-refractivity contribution in [2.24, 2.45) is 0 Å². The number of furan rings is 1. The van der Waals surface area contributed by atoms with Gasteiger partial charge in [0, 0.05) is 17.0 Å². The molecule has 0 spiro atoms. The molecule has 3 aromatic rings. The summed E-state index contributed by atoms with van der Waals surface area (Å²) in [6.45, 7) is 4.75. The van der Waals surface area contributed by atoms with Crippen LogP contribution in [0.1, 0.15) is 41.8 Å². The summed E-state index contributed by atoms with van der Waals surface area (Å²) in [5.41, 5.74) is 2.13. The van der Waals surface area contributed by atoms with E-state index in [1.807, 2.05) is 31.2 Å². The van der Waals surface area contributed by atoms with Crippen molar-refractivity contribution in [2.75, 3.05) is 6.54 Å². The van der Waals surface area contributed by atoms with Gasteiger partial charge in [-0.15, -0.1) is 0 Å². The summed E-state index contributed by atoms with van der Waals surface area (Å²) in [5, 5.41) is 4.55. The average Bonchev–Trinajstić information content (AvgIpc) is 2.94. The molecule has 0 aliphatic heterocycles. The monoisotopic (exact) mass is 361 g/mol. The van der Waals surface area contributed by atoms with E-state index in [0.717, 1.165) is 41.3 Å². The molecule has 0 aliphatic carbocycles. The van der Waals surface area contributed by atoms with Crippen LogP contribution in [0.25, 0.3) is 11.0 Å². The summed E-state index contributed by atoms with van der Waals surface area (Å²) in [7, 11) is 0. The first-order chi connectivity index (χ1) is 12.4. The lowest BCUT2D eigenvalue weighted by Crippen LogP contribution is -2.20. The second-order valence-electron chi connectivity index (χ2n) is 6.55. The molecule has 1 aromatic heterocycles. The highest BCUT2D eigenvalue weighted by Gasteiger charge is 2.30. The maximum atomic E-state index is 12.8. The fourth-order valence-corrected chi connectivity index (χ4v) is 3.34. The molecule has 0 radical (unpaired) electrons. The fourth-order valence-electron chi connectivity index (χ4n) is 3.34. The summed E-state index contributed by atoms with van der Waals surface area (Å²) in [5.74, 6) is 0.893. The zero-order chi connectivity index (χ0) is 18.7. The van der Waals surface area contributed by atoms with E-state index in [0.29, 0.717) is 12.0 Å². The molecule has 0 bridgehead atoms. The lowest BCUT2D eigenvalue weighted by molar-refractivity contribution is -0.137. The first kappa shape index (κ1) is 18.5. The molecule has 138 valence electrons. The van der Waals surface area contributed by atoms with Gasteiger partial charge in [0.1, 0.15) is 11.3 Å². The maximum Gasteiger partial charge on any atom is 0.416 e. The van der Waals surface area contributed by atoms with Gasteiger partial charge in [-0.3, -0.25) is 0 Å². The van der Waals surface area contributed by atoms with Crippen molar-refractivity contribution in [2.45, 2.75) is 38.9 Å². The average molecular weight is 361 g/mol. The predicted molar refractivity (Wildman–Crippen MR) is 97.1 cm³/mol. The van der Waals surface area contributed by atoms with Crippen molar-refractivity contribution in [3.63, 3.8) is 0 Å². The number of hydrogen-bond donors (Lipinski definition) is 1. The number of nitrogens with one attached hydrogen (secondary N) is 1. The van der Waals surface area contributed by atoms with Crippen molar-refractivity contribution in [3.8, 4) is 0 Å². The Morgan fingerprint density at radius 2 is 1.85 bits per heavy atom. The van der Waals surface area contributed by atoms with Crippen molar-refractivity contribution in [3.05, 3.63) is 71.0 Å². The van der Waals surface area contributed by atoms with Crippen molar-refractivity contribution < 1.29 is 17.6 Å². The van der Waals surface area contributed by atoms with Crippen molar-refractivity contribution in [1.82, 2.24) is 5.32 Å². The van der Waals surface area contributed by atoms with Crippen LogP contribution in [0.15, 0.2) is 52.9 Å². The number of benzene rings is 2. The van der Waals surface area contributed by atoms with Crippen LogP contribution >= 0.6 is 0 Å². The molecule has 2 nitrogen and oxygen atoms in total. The van der Waals surface area contributed by atoms with E-state index in [2.05, 4.69) is 12.2 Å². The topological polar surface area (TPSA) is 25.2 Å². The van der Waals surface area contributed by atoms with Gasteiger partial charge in [0.15, 0.2) is 0 Å². The van der Waals surface area contributed by atoms with Crippen LogP contribution in [0.5, 0.6) is 0 Å². The molecule has 26 heavy (non-hydrogen) atoms. The van der Waals surface area contributed by atoms with Gasteiger partial charge in [0.05, 0.1) is 5.56 Å². The fraction of sp³-hybridized carbons (Fsp3) is 0.333. The van der Waals surface area contributed by atoms with Gasteiger partial charge in [-0.05, 0) is 50.9 Å². The highest BCUT2D eigenvalue weighted by atomic mass is 19.4. The number of aryl methyl sites for hydroxylation is 2. The van der Waals surface area contributed by atoms with E-state index in [-0.39, 0.29) is 6.04 Å². The van der Waals surface area contributed by atoms with Crippen LogP contribution in [-0.2, 0) is 12.6 Å². The SMILES string of the molecule is Cc1oc2ccccc2c1C(C)NCCCc1cccc(C(F)(F)F)c1. The Kier molecular flexibility index (Phi) is 5.37. The molecule has 0 amide bonds. The van der Waals surface area contributed by atoms with E-state index >= 15 is 0 Å². The molecular formula is C21H22F3NO. The molecule has 5 heteroatoms. The highest BCUT2D eigenvalue weighted by molar-refractivity contribution is 5.82. The normalized spacial score (nSPS) is 13.3. The molecule has 0 saturated heterocycles. The Morgan fingerprint density at radius 3 is 2.62 bits per heavy atom. The number of rotatable bonds is 6. The number of fused-ring (bicyclic) bond motifs is 1. The molecule has 1 heterocycles. The van der Waals surface area contributed by atoms with E-state index in [1.165, 1.54) is 12.1 Å². The smallest absolute Gasteiger partial charge is 0.416 e. The lowest BCUT2D eigenvalue weighted by Gasteiger charge is -2.14. The van der Waals surface area contributed by atoms with Gasteiger partial charge in [0.2, 0.25) is 0 Å². The van der Waals surface area contributed by atoms with Gasteiger partial charge in [0.25, 0.3) is 0 Å². The van der Waals surface area contributed by atoms with Gasteiger partial charge in [-0.1, -0.05) is 36.4 Å². The first-order valence-corrected chi connectivity index (χ1v) is 8.74. The standard InChI is InChI=1S/C21H22F3NO/c1-14(20-15(2)26-19-11-4-3-10-18(19)20)25-12-6-8-16-7-5-9-17(13-16)21(22,23)24/h3-5,7,9-11,13-14,25H,6,8,12H2,1-2H3. The second kappa shape index (κ2) is 7.54. The Bertz CT molecular complexity index is 882. The van der Waals surface area contributed by atoms with Crippen LogP contribution in [0.4, 0.5) is 13.2 Å². The van der Waals surface area contributed by atoms with Crippen LogP contribution < -0.4 is 5.32 Å². The van der Waals surface area contributed by atoms with Gasteiger partial charge in [-0.25, -0.2) is 0 Å². The molecular weight excluding hydrogens is 339 g/mol. The number of para-hydroxylation sites is 1. The third kappa shape index (κ3) is 4.10. The molecule has 2 aromatic carbocycles. The second-order valence-corrected chi connectivity index (χ2v) is 6.55. The summed E-state index contributed by atoms with van der Waals surface area (Å²) in [6, 6.07) is 13.6. The summed E-state index contributed by atoms with van der Waals surface area (Å²) in [6.07, 6.45) is -2.92. The van der Waals surface area contributed by atoms with Gasteiger partial charge < -0.3 is 9.73 Å². The Balaban J connectivity index is 1.57. The van der Waals surface area contributed by atoms with Crippen LogP contribution in [-0.4, -0.2) is 6.54 Å². The van der Waals surface area contributed by atoms with Crippen LogP contribution in [0.3, 0.4) is 0 Å². The van der Waals surface area contributed by atoms with E-state index in [4.69, 9.17) is 4.42 Å². The van der Waals surface area contributed by atoms with Crippen LogP contribution in [0.2, 0.25) is 0 Å². The minimum atomic E-state index is -4.29. The summed E-state index contributed by atoms with van der Waals surface area (Å²) >= 11 is 0. The molecule has 0 fully saturated rings. The molecule has 3 rings (SSSR count). The third-order valence-electron chi connectivity index (χ3n) is 4.60. The molecule has 1 atom stereocenters. The molecule has 1 unspecified atom stereocenters. The Hall–Kier alpha value is -2.27. The molecule has 0 saturated carbocycles. The van der Waals surface area contributed by atoms with Crippen molar-refractivity contribution in [1.29, 1.82) is 0 Å². The number of alkyl halides is 3. The quantitative estimate of drug-likeness (QED) is 0.541. The summed E-state index contributed by atoms with van der Waals surface area (Å²) in [4.78, 5) is 0. The van der Waals surface area contributed by atoms with E-state index in [1.54, 1.807) is 6.07 Å². The highest BCUT2D eigenvalue weighted by Crippen LogP contribution is 2.31. The maximum absolute atomic E-state index is 12.8. The minimum absolute atomic E-state index is 0.111. The van der Waals surface area contributed by atoms with Crippen molar-refractivity contribution >= 4 is 11.0 Å². The molecule has 1 N–H and O–H groups in total.